The fourth-order valence-electron chi connectivity index (χ4n) is 3.62. The minimum Gasteiger partial charge on any atom is -0.355 e. The van der Waals surface area contributed by atoms with Gasteiger partial charge in [-0.1, -0.05) is 52.7 Å². The Bertz CT molecular complexity index is 1100. The van der Waals surface area contributed by atoms with Gasteiger partial charge in [-0.3, -0.25) is 13.9 Å². The Labute approximate surface area is 205 Å². The van der Waals surface area contributed by atoms with Gasteiger partial charge in [-0.15, -0.1) is 0 Å². The number of rotatable bonds is 10. The SMILES string of the molecule is CCNC(=O)[C@@H](CC)N(Cc1cccc(C)c1)C(=O)CN(c1ccc(Br)c(C)c1)S(C)(=O)=O. The van der Waals surface area contributed by atoms with Crippen molar-refractivity contribution in [2.24, 2.45) is 0 Å². The van der Waals surface area contributed by atoms with E-state index in [1.165, 1.54) is 4.90 Å². The maximum atomic E-state index is 13.6. The van der Waals surface area contributed by atoms with Gasteiger partial charge in [-0.05, 0) is 56.5 Å². The molecular weight excluding hydrogens is 506 g/mol. The molecular formula is C24H32BrN3O4S. The second-order valence-corrected chi connectivity index (χ2v) is 10.8. The van der Waals surface area contributed by atoms with E-state index in [0.717, 1.165) is 31.7 Å². The Morgan fingerprint density at radius 2 is 1.79 bits per heavy atom. The zero-order valence-electron chi connectivity index (χ0n) is 19.8. The summed E-state index contributed by atoms with van der Waals surface area (Å²) in [5, 5.41) is 2.79. The van der Waals surface area contributed by atoms with Crippen LogP contribution >= 0.6 is 15.9 Å². The molecule has 0 spiro atoms. The van der Waals surface area contributed by atoms with Crippen LogP contribution < -0.4 is 9.62 Å². The van der Waals surface area contributed by atoms with E-state index in [1.54, 1.807) is 18.2 Å². The molecule has 1 atom stereocenters. The molecule has 0 aromatic heterocycles. The molecule has 0 bridgehead atoms. The Kier molecular flexibility index (Phi) is 9.48. The van der Waals surface area contributed by atoms with Crippen molar-refractivity contribution in [1.29, 1.82) is 0 Å². The first kappa shape index (κ1) is 26.9. The first-order chi connectivity index (χ1) is 15.5. The maximum Gasteiger partial charge on any atom is 0.244 e. The predicted molar refractivity (Wildman–Crippen MR) is 136 cm³/mol. The minimum absolute atomic E-state index is 0.202. The van der Waals surface area contributed by atoms with Gasteiger partial charge < -0.3 is 10.2 Å². The molecule has 180 valence electrons. The Morgan fingerprint density at radius 3 is 2.33 bits per heavy atom. The molecule has 2 aromatic rings. The molecule has 0 aliphatic carbocycles. The van der Waals surface area contributed by atoms with Gasteiger partial charge in [0.15, 0.2) is 0 Å². The topological polar surface area (TPSA) is 86.8 Å². The van der Waals surface area contributed by atoms with Crippen LogP contribution in [0.4, 0.5) is 5.69 Å². The highest BCUT2D eigenvalue weighted by molar-refractivity contribution is 9.10. The van der Waals surface area contributed by atoms with Gasteiger partial charge in [0, 0.05) is 17.6 Å². The normalized spacial score (nSPS) is 12.2. The summed E-state index contributed by atoms with van der Waals surface area (Å²) in [6.07, 6.45) is 1.48. The van der Waals surface area contributed by atoms with Gasteiger partial charge in [0.25, 0.3) is 0 Å². The summed E-state index contributed by atoms with van der Waals surface area (Å²) in [4.78, 5) is 27.8. The predicted octanol–water partition coefficient (Wildman–Crippen LogP) is 3.78. The van der Waals surface area contributed by atoms with Gasteiger partial charge >= 0.3 is 0 Å². The number of nitrogens with one attached hydrogen (secondary N) is 1. The summed E-state index contributed by atoms with van der Waals surface area (Å²) in [6, 6.07) is 12.1. The van der Waals surface area contributed by atoms with Crippen molar-refractivity contribution in [1.82, 2.24) is 10.2 Å². The zero-order valence-corrected chi connectivity index (χ0v) is 22.2. The molecule has 2 rings (SSSR count). The highest BCUT2D eigenvalue weighted by Gasteiger charge is 2.31. The molecule has 33 heavy (non-hydrogen) atoms. The van der Waals surface area contributed by atoms with Crippen molar-refractivity contribution in [3.05, 3.63) is 63.6 Å². The van der Waals surface area contributed by atoms with Crippen molar-refractivity contribution in [3.8, 4) is 0 Å². The van der Waals surface area contributed by atoms with Crippen LogP contribution in [0.5, 0.6) is 0 Å². The number of aryl methyl sites for hydroxylation is 2. The smallest absolute Gasteiger partial charge is 0.244 e. The average molecular weight is 539 g/mol. The number of anilines is 1. The minimum atomic E-state index is -3.75. The first-order valence-corrected chi connectivity index (χ1v) is 13.5. The zero-order chi connectivity index (χ0) is 24.8. The number of sulfonamides is 1. The second kappa shape index (κ2) is 11.7. The average Bonchev–Trinajstić information content (AvgIpc) is 2.73. The van der Waals surface area contributed by atoms with Gasteiger partial charge in [0.2, 0.25) is 21.8 Å². The van der Waals surface area contributed by atoms with Crippen LogP contribution in [0.1, 0.15) is 37.0 Å². The molecule has 0 aliphatic rings. The Hall–Kier alpha value is -2.39. The van der Waals surface area contributed by atoms with E-state index in [4.69, 9.17) is 0 Å². The van der Waals surface area contributed by atoms with Crippen molar-refractivity contribution >= 4 is 43.5 Å². The molecule has 0 radical (unpaired) electrons. The van der Waals surface area contributed by atoms with Crippen LogP contribution in [0.15, 0.2) is 46.9 Å². The van der Waals surface area contributed by atoms with E-state index in [2.05, 4.69) is 21.2 Å². The molecule has 1 N–H and O–H groups in total. The lowest BCUT2D eigenvalue weighted by Gasteiger charge is -2.33. The first-order valence-electron chi connectivity index (χ1n) is 10.8. The fraction of sp³-hybridized carbons (Fsp3) is 0.417. The third-order valence-electron chi connectivity index (χ3n) is 5.28. The number of hydrogen-bond acceptors (Lipinski definition) is 4. The van der Waals surface area contributed by atoms with Crippen molar-refractivity contribution < 1.29 is 18.0 Å². The van der Waals surface area contributed by atoms with Crippen LogP contribution in [-0.4, -0.2) is 50.5 Å². The third kappa shape index (κ3) is 7.30. The highest BCUT2D eigenvalue weighted by atomic mass is 79.9. The molecule has 9 heteroatoms. The summed E-state index contributed by atoms with van der Waals surface area (Å²) >= 11 is 3.42. The summed E-state index contributed by atoms with van der Waals surface area (Å²) in [6.45, 7) is 7.70. The number of carbonyl (C=O) groups excluding carboxylic acids is 2. The molecule has 0 heterocycles. The largest absolute Gasteiger partial charge is 0.355 e. The van der Waals surface area contributed by atoms with Crippen LogP contribution in [0.3, 0.4) is 0 Å². The Morgan fingerprint density at radius 1 is 1.09 bits per heavy atom. The second-order valence-electron chi connectivity index (χ2n) is 8.03. The van der Waals surface area contributed by atoms with Gasteiger partial charge in [0.05, 0.1) is 11.9 Å². The number of nitrogens with zero attached hydrogens (tertiary/aromatic N) is 2. The monoisotopic (exact) mass is 537 g/mol. The van der Waals surface area contributed by atoms with E-state index in [9.17, 15) is 18.0 Å². The summed E-state index contributed by atoms with van der Waals surface area (Å²) < 4.78 is 27.2. The summed E-state index contributed by atoms with van der Waals surface area (Å²) in [7, 11) is -3.75. The number of carbonyl (C=O) groups is 2. The van der Waals surface area contributed by atoms with E-state index >= 15 is 0 Å². The molecule has 0 saturated carbocycles. The van der Waals surface area contributed by atoms with Crippen molar-refractivity contribution in [2.75, 3.05) is 23.7 Å². The lowest BCUT2D eigenvalue weighted by molar-refractivity contribution is -0.140. The van der Waals surface area contributed by atoms with Crippen molar-refractivity contribution in [3.63, 3.8) is 0 Å². The lowest BCUT2D eigenvalue weighted by atomic mass is 10.1. The summed E-state index contributed by atoms with van der Waals surface area (Å²) in [5.41, 5.74) is 3.15. The van der Waals surface area contributed by atoms with E-state index in [-0.39, 0.29) is 12.5 Å². The van der Waals surface area contributed by atoms with E-state index < -0.39 is 28.5 Å². The van der Waals surface area contributed by atoms with E-state index in [0.29, 0.717) is 18.7 Å². The number of amides is 2. The highest BCUT2D eigenvalue weighted by Crippen LogP contribution is 2.25. The van der Waals surface area contributed by atoms with Crippen LogP contribution in [0.2, 0.25) is 0 Å². The molecule has 0 fully saturated rings. The molecule has 7 nitrogen and oxygen atoms in total. The third-order valence-corrected chi connectivity index (χ3v) is 7.31. The van der Waals surface area contributed by atoms with E-state index in [1.807, 2.05) is 52.0 Å². The number of halogens is 1. The van der Waals surface area contributed by atoms with Gasteiger partial charge in [0.1, 0.15) is 12.6 Å². The number of benzene rings is 2. The molecule has 2 amide bonds. The Balaban J connectivity index is 2.45. The van der Waals surface area contributed by atoms with Gasteiger partial charge in [-0.25, -0.2) is 8.42 Å². The lowest BCUT2D eigenvalue weighted by Crippen LogP contribution is -2.52. The molecule has 0 unspecified atom stereocenters. The summed E-state index contributed by atoms with van der Waals surface area (Å²) in [5.74, 6) is -0.702. The maximum absolute atomic E-state index is 13.6. The van der Waals surface area contributed by atoms with Crippen molar-refractivity contribution in [2.45, 2.75) is 46.7 Å². The fourth-order valence-corrected chi connectivity index (χ4v) is 4.70. The number of likely N-dealkylation sites (N-methyl/N-ethyl adjacent to an activating group) is 1. The van der Waals surface area contributed by atoms with Crippen LogP contribution in [0, 0.1) is 13.8 Å². The van der Waals surface area contributed by atoms with Crippen LogP contribution in [-0.2, 0) is 26.2 Å². The van der Waals surface area contributed by atoms with Crippen LogP contribution in [0.25, 0.3) is 0 Å². The molecule has 0 aliphatic heterocycles. The van der Waals surface area contributed by atoms with Gasteiger partial charge in [-0.2, -0.15) is 0 Å². The quantitative estimate of drug-likeness (QED) is 0.499. The standard InChI is InChI=1S/C24H32BrN3O4S/c1-6-22(24(30)26-7-2)27(15-19-10-8-9-17(3)13-19)23(29)16-28(33(5,31)32)20-11-12-21(25)18(4)14-20/h8-14,22H,6-7,15-16H2,1-5H3,(H,26,30)/t22-/m1/s1. The number of hydrogen-bond donors (Lipinski definition) is 1. The molecule has 0 saturated heterocycles. The molecule has 2 aromatic carbocycles.